The highest BCUT2D eigenvalue weighted by atomic mass is 15.1. The minimum atomic E-state index is 0.449. The second-order valence-corrected chi connectivity index (χ2v) is 7.56. The monoisotopic (exact) mass is 339 g/mol. The summed E-state index contributed by atoms with van der Waals surface area (Å²) in [5.41, 5.74) is 5.56. The third-order valence-corrected chi connectivity index (χ3v) is 4.73. The Morgan fingerprint density at radius 3 is 1.80 bits per heavy atom. The number of benzene rings is 2. The summed E-state index contributed by atoms with van der Waals surface area (Å²) in [5, 5.41) is 0. The summed E-state index contributed by atoms with van der Waals surface area (Å²) in [4.78, 5) is 6.85. The van der Waals surface area contributed by atoms with Gasteiger partial charge in [-0.2, -0.15) is 0 Å². The first kappa shape index (κ1) is 19.6. The van der Waals surface area contributed by atoms with Gasteiger partial charge in [-0.25, -0.2) is 0 Å². The number of hydrogen-bond acceptors (Lipinski definition) is 3. The number of nitrogens with zero attached hydrogens (tertiary/aromatic N) is 3. The van der Waals surface area contributed by atoms with E-state index in [1.54, 1.807) is 0 Å². The molecule has 1 atom stereocenters. The molecule has 0 aliphatic rings. The van der Waals surface area contributed by atoms with Crippen LogP contribution in [-0.2, 0) is 19.6 Å². The molecule has 0 amide bonds. The van der Waals surface area contributed by atoms with E-state index in [0.717, 1.165) is 19.6 Å². The van der Waals surface area contributed by atoms with E-state index in [0.29, 0.717) is 6.04 Å². The molecule has 0 aromatic heterocycles. The Kier molecular flexibility index (Phi) is 7.18. The van der Waals surface area contributed by atoms with Crippen LogP contribution in [0.25, 0.3) is 0 Å². The van der Waals surface area contributed by atoms with Gasteiger partial charge in [-0.3, -0.25) is 4.90 Å². The summed E-state index contributed by atoms with van der Waals surface area (Å²) in [6.45, 7) is 5.16. The van der Waals surface area contributed by atoms with Crippen LogP contribution in [0.1, 0.15) is 35.2 Å². The van der Waals surface area contributed by atoms with Crippen LogP contribution in [0.15, 0.2) is 48.5 Å². The smallest absolute Gasteiger partial charge is 0.0313 e. The van der Waals surface area contributed by atoms with Gasteiger partial charge in [0.1, 0.15) is 0 Å². The molecule has 2 rings (SSSR count). The lowest BCUT2D eigenvalue weighted by Gasteiger charge is -2.22. The van der Waals surface area contributed by atoms with Gasteiger partial charge in [-0.15, -0.1) is 0 Å². The van der Waals surface area contributed by atoms with E-state index in [1.165, 1.54) is 22.3 Å². The maximum atomic E-state index is 2.39. The predicted octanol–water partition coefficient (Wildman–Crippen LogP) is 4.00. The molecule has 136 valence electrons. The second-order valence-electron chi connectivity index (χ2n) is 7.56. The molecule has 0 N–H and O–H groups in total. The van der Waals surface area contributed by atoms with Crippen molar-refractivity contribution in [3.8, 4) is 0 Å². The van der Waals surface area contributed by atoms with Crippen molar-refractivity contribution < 1.29 is 0 Å². The van der Waals surface area contributed by atoms with Gasteiger partial charge in [0.15, 0.2) is 0 Å². The van der Waals surface area contributed by atoms with E-state index in [9.17, 15) is 0 Å². The van der Waals surface area contributed by atoms with Gasteiger partial charge in [-0.1, -0.05) is 48.5 Å². The van der Waals surface area contributed by atoms with Crippen molar-refractivity contribution in [3.05, 3.63) is 70.8 Å². The average molecular weight is 340 g/mol. The lowest BCUT2D eigenvalue weighted by atomic mass is 10.0. The van der Waals surface area contributed by atoms with Crippen LogP contribution in [0.5, 0.6) is 0 Å². The molecule has 0 heterocycles. The number of hydrogen-bond donors (Lipinski definition) is 0. The highest BCUT2D eigenvalue weighted by Gasteiger charge is 2.09. The maximum absolute atomic E-state index is 2.39. The number of rotatable bonds is 8. The van der Waals surface area contributed by atoms with Crippen molar-refractivity contribution in [2.45, 2.75) is 32.6 Å². The molecule has 0 aliphatic carbocycles. The summed E-state index contributed by atoms with van der Waals surface area (Å²) in [7, 11) is 10.7. The minimum Gasteiger partial charge on any atom is -0.305 e. The van der Waals surface area contributed by atoms with E-state index < -0.39 is 0 Å². The first-order chi connectivity index (χ1) is 11.9. The molecule has 2 aromatic carbocycles. The zero-order chi connectivity index (χ0) is 18.4. The maximum Gasteiger partial charge on any atom is 0.0313 e. The molecular formula is C22H33N3. The Labute approximate surface area is 153 Å². The summed E-state index contributed by atoms with van der Waals surface area (Å²) in [6, 6.07) is 18.2. The molecule has 0 spiro atoms. The Balaban J connectivity index is 2.00. The molecule has 1 unspecified atom stereocenters. The fourth-order valence-electron chi connectivity index (χ4n) is 3.06. The zero-order valence-corrected chi connectivity index (χ0v) is 16.7. The van der Waals surface area contributed by atoms with Gasteiger partial charge in [0, 0.05) is 25.7 Å². The van der Waals surface area contributed by atoms with Crippen LogP contribution in [0.2, 0.25) is 0 Å². The van der Waals surface area contributed by atoms with E-state index in [2.05, 4.69) is 105 Å². The van der Waals surface area contributed by atoms with Crippen LogP contribution in [-0.4, -0.2) is 49.9 Å². The van der Waals surface area contributed by atoms with E-state index in [-0.39, 0.29) is 0 Å². The fraction of sp³-hybridized carbons (Fsp3) is 0.455. The highest BCUT2D eigenvalue weighted by Crippen LogP contribution is 2.19. The third kappa shape index (κ3) is 5.96. The van der Waals surface area contributed by atoms with Crippen molar-refractivity contribution in [2.75, 3.05) is 35.2 Å². The topological polar surface area (TPSA) is 9.72 Å². The normalized spacial score (nSPS) is 13.0. The molecule has 2 aromatic rings. The summed E-state index contributed by atoms with van der Waals surface area (Å²) >= 11 is 0. The Bertz CT molecular complexity index is 647. The van der Waals surface area contributed by atoms with Crippen molar-refractivity contribution >= 4 is 0 Å². The summed E-state index contributed by atoms with van der Waals surface area (Å²) in [5.74, 6) is 0. The summed E-state index contributed by atoms with van der Waals surface area (Å²) in [6.07, 6.45) is 0. The quantitative estimate of drug-likeness (QED) is 0.720. The van der Waals surface area contributed by atoms with Crippen LogP contribution in [0, 0.1) is 0 Å². The predicted molar refractivity (Wildman–Crippen MR) is 108 cm³/mol. The van der Waals surface area contributed by atoms with Gasteiger partial charge in [0.25, 0.3) is 0 Å². The molecule has 0 fully saturated rings. The van der Waals surface area contributed by atoms with Gasteiger partial charge in [-0.05, 0) is 64.4 Å². The van der Waals surface area contributed by atoms with Crippen LogP contribution < -0.4 is 0 Å². The second kappa shape index (κ2) is 9.14. The van der Waals surface area contributed by atoms with Crippen molar-refractivity contribution in [1.82, 2.24) is 14.7 Å². The first-order valence-electron chi connectivity index (χ1n) is 9.02. The SMILES string of the molecule is CC(c1ccc(CN(C)Cc2ccccc2CN(C)C)cc1)N(C)C. The molecule has 0 radical (unpaired) electrons. The standard InChI is InChI=1S/C22H33N3/c1-18(24(4)5)20-13-11-19(12-14-20)15-25(6)17-22-10-8-7-9-21(22)16-23(2)3/h7-14,18H,15-17H2,1-6H3. The molecule has 0 aliphatic heterocycles. The average Bonchev–Trinajstić information content (AvgIpc) is 2.56. The molecule has 3 heteroatoms. The molecule has 0 saturated carbocycles. The Hall–Kier alpha value is -1.68. The molecule has 25 heavy (non-hydrogen) atoms. The van der Waals surface area contributed by atoms with E-state index in [1.807, 2.05) is 0 Å². The third-order valence-electron chi connectivity index (χ3n) is 4.73. The Morgan fingerprint density at radius 1 is 0.720 bits per heavy atom. The van der Waals surface area contributed by atoms with E-state index >= 15 is 0 Å². The molecule has 0 saturated heterocycles. The van der Waals surface area contributed by atoms with Crippen molar-refractivity contribution in [3.63, 3.8) is 0 Å². The van der Waals surface area contributed by atoms with Crippen molar-refractivity contribution in [2.24, 2.45) is 0 Å². The van der Waals surface area contributed by atoms with Crippen LogP contribution >= 0.6 is 0 Å². The molecular weight excluding hydrogens is 306 g/mol. The van der Waals surface area contributed by atoms with E-state index in [4.69, 9.17) is 0 Å². The highest BCUT2D eigenvalue weighted by molar-refractivity contribution is 5.28. The minimum absolute atomic E-state index is 0.449. The lowest BCUT2D eigenvalue weighted by Crippen LogP contribution is -2.20. The van der Waals surface area contributed by atoms with Crippen molar-refractivity contribution in [1.29, 1.82) is 0 Å². The fourth-order valence-corrected chi connectivity index (χ4v) is 3.06. The first-order valence-corrected chi connectivity index (χ1v) is 9.02. The molecule has 0 bridgehead atoms. The largest absolute Gasteiger partial charge is 0.305 e. The van der Waals surface area contributed by atoms with Crippen LogP contribution in [0.3, 0.4) is 0 Å². The zero-order valence-electron chi connectivity index (χ0n) is 16.7. The Morgan fingerprint density at radius 2 is 1.28 bits per heavy atom. The van der Waals surface area contributed by atoms with Gasteiger partial charge >= 0.3 is 0 Å². The van der Waals surface area contributed by atoms with Gasteiger partial charge < -0.3 is 9.80 Å². The van der Waals surface area contributed by atoms with Gasteiger partial charge in [0.2, 0.25) is 0 Å². The summed E-state index contributed by atoms with van der Waals surface area (Å²) < 4.78 is 0. The molecule has 3 nitrogen and oxygen atoms in total. The van der Waals surface area contributed by atoms with Crippen LogP contribution in [0.4, 0.5) is 0 Å². The van der Waals surface area contributed by atoms with Gasteiger partial charge in [0.05, 0.1) is 0 Å². The lowest BCUT2D eigenvalue weighted by molar-refractivity contribution is 0.313.